The van der Waals surface area contributed by atoms with Gasteiger partial charge in [0.15, 0.2) is 0 Å². The fourth-order valence-corrected chi connectivity index (χ4v) is 5.18. The van der Waals surface area contributed by atoms with E-state index in [1.54, 1.807) is 5.57 Å². The molecule has 19 heavy (non-hydrogen) atoms. The summed E-state index contributed by atoms with van der Waals surface area (Å²) in [6.45, 7) is 2.43. The highest BCUT2D eigenvalue weighted by Gasteiger charge is 2.39. The van der Waals surface area contributed by atoms with Gasteiger partial charge in [0.2, 0.25) is 0 Å². The Morgan fingerprint density at radius 2 is 2.00 bits per heavy atom. The van der Waals surface area contributed by atoms with Crippen LogP contribution in [-0.4, -0.2) is 10.2 Å². The molecule has 0 spiro atoms. The summed E-state index contributed by atoms with van der Waals surface area (Å²) >= 11 is 2.57. The number of alkyl halides is 1. The summed E-state index contributed by atoms with van der Waals surface area (Å²) in [4.78, 5) is 0. The van der Waals surface area contributed by atoms with E-state index < -0.39 is 0 Å². The Balaban J connectivity index is 1.65. The van der Waals surface area contributed by atoms with Crippen molar-refractivity contribution in [3.63, 3.8) is 0 Å². The molecule has 0 radical (unpaired) electrons. The van der Waals surface area contributed by atoms with Crippen molar-refractivity contribution in [3.05, 3.63) is 11.6 Å². The monoisotopic (exact) mass is 374 g/mol. The van der Waals surface area contributed by atoms with Gasteiger partial charge in [0.25, 0.3) is 0 Å². The Morgan fingerprint density at radius 3 is 2.74 bits per heavy atom. The van der Waals surface area contributed by atoms with Crippen molar-refractivity contribution in [2.24, 2.45) is 11.3 Å². The van der Waals surface area contributed by atoms with E-state index in [-0.39, 0.29) is 5.41 Å². The highest BCUT2D eigenvalue weighted by Crippen LogP contribution is 2.48. The van der Waals surface area contributed by atoms with Crippen molar-refractivity contribution >= 4 is 22.6 Å². The van der Waals surface area contributed by atoms with Crippen molar-refractivity contribution in [2.45, 2.75) is 81.3 Å². The molecule has 3 rings (SSSR count). The fourth-order valence-electron chi connectivity index (χ4n) is 4.33. The predicted octanol–water partition coefficient (Wildman–Crippen LogP) is 5.62. The van der Waals surface area contributed by atoms with Gasteiger partial charge in [-0.3, -0.25) is 0 Å². The van der Waals surface area contributed by atoms with Gasteiger partial charge in [-0.05, 0) is 50.9 Å². The van der Waals surface area contributed by atoms with Crippen LogP contribution >= 0.6 is 22.6 Å². The average Bonchev–Trinajstić information content (AvgIpc) is 2.39. The van der Waals surface area contributed by atoms with Crippen LogP contribution in [0, 0.1) is 11.3 Å². The molecule has 0 heterocycles. The van der Waals surface area contributed by atoms with Gasteiger partial charge in [-0.25, -0.2) is 0 Å². The minimum absolute atomic E-state index is 0.288. The van der Waals surface area contributed by atoms with Crippen LogP contribution in [0.1, 0.15) is 71.1 Å². The summed E-state index contributed by atoms with van der Waals surface area (Å²) in [7, 11) is 0. The molecule has 2 fully saturated rings. The van der Waals surface area contributed by atoms with Crippen LogP contribution < -0.4 is 0 Å². The fraction of sp³-hybridized carbons (Fsp3) is 0.882. The first-order valence-electron chi connectivity index (χ1n) is 8.16. The molecule has 1 nitrogen and oxygen atoms in total. The van der Waals surface area contributed by atoms with E-state index in [4.69, 9.17) is 4.74 Å². The molecule has 0 saturated heterocycles. The van der Waals surface area contributed by atoms with Crippen LogP contribution in [0.4, 0.5) is 0 Å². The van der Waals surface area contributed by atoms with Crippen LogP contribution in [0.3, 0.4) is 0 Å². The second-order valence-electron chi connectivity index (χ2n) is 7.19. The third-order valence-electron chi connectivity index (χ3n) is 5.31. The Kier molecular flexibility index (Phi) is 4.57. The molecule has 0 N–H and O–H groups in total. The lowest BCUT2D eigenvalue weighted by atomic mass is 9.68. The minimum Gasteiger partial charge on any atom is -0.364 e. The molecule has 0 aromatic carbocycles. The summed E-state index contributed by atoms with van der Waals surface area (Å²) in [5, 5.41) is 0. The number of halogens is 1. The van der Waals surface area contributed by atoms with Crippen LogP contribution in [-0.2, 0) is 4.74 Å². The van der Waals surface area contributed by atoms with Crippen molar-refractivity contribution in [2.75, 3.05) is 0 Å². The molecule has 3 unspecified atom stereocenters. The van der Waals surface area contributed by atoms with Crippen molar-refractivity contribution in [3.8, 4) is 0 Å². The first-order chi connectivity index (χ1) is 9.16. The predicted molar refractivity (Wildman–Crippen MR) is 88.5 cm³/mol. The van der Waals surface area contributed by atoms with Gasteiger partial charge in [0.05, 0.1) is 6.10 Å². The number of hydrogen-bond acceptors (Lipinski definition) is 1. The molecule has 0 amide bonds. The van der Waals surface area contributed by atoms with Crippen molar-refractivity contribution in [1.29, 1.82) is 0 Å². The van der Waals surface area contributed by atoms with E-state index >= 15 is 0 Å². The zero-order chi connectivity index (χ0) is 13.3. The van der Waals surface area contributed by atoms with Crippen molar-refractivity contribution in [1.82, 2.24) is 0 Å². The second-order valence-corrected chi connectivity index (χ2v) is 8.32. The van der Waals surface area contributed by atoms with E-state index in [0.717, 1.165) is 5.92 Å². The highest BCUT2D eigenvalue weighted by atomic mass is 127. The zero-order valence-electron chi connectivity index (χ0n) is 12.2. The molecule has 3 atom stereocenters. The topological polar surface area (TPSA) is 9.23 Å². The average molecular weight is 374 g/mol. The van der Waals surface area contributed by atoms with Gasteiger partial charge in [0.1, 0.15) is 4.11 Å². The maximum absolute atomic E-state index is 6.44. The van der Waals surface area contributed by atoms with Gasteiger partial charge in [-0.1, -0.05) is 60.4 Å². The normalized spacial score (nSPS) is 37.8. The molecule has 2 bridgehead atoms. The van der Waals surface area contributed by atoms with Gasteiger partial charge < -0.3 is 4.74 Å². The maximum Gasteiger partial charge on any atom is 0.117 e. The third-order valence-corrected chi connectivity index (χ3v) is 7.02. The molecular formula is C17H27IO. The highest BCUT2D eigenvalue weighted by molar-refractivity contribution is 14.1. The van der Waals surface area contributed by atoms with Crippen molar-refractivity contribution < 1.29 is 4.74 Å². The summed E-state index contributed by atoms with van der Waals surface area (Å²) in [6, 6.07) is 0. The first kappa shape index (κ1) is 14.4. The number of fused-ring (bicyclic) bond motifs is 2. The lowest BCUT2D eigenvalue weighted by molar-refractivity contribution is -0.0278. The van der Waals surface area contributed by atoms with E-state index in [1.165, 1.54) is 64.2 Å². The zero-order valence-corrected chi connectivity index (χ0v) is 14.3. The summed E-state index contributed by atoms with van der Waals surface area (Å²) in [5.41, 5.74) is 2.01. The molecule has 2 saturated carbocycles. The molecule has 0 aliphatic heterocycles. The van der Waals surface area contributed by atoms with E-state index in [2.05, 4.69) is 35.6 Å². The molecule has 0 aromatic rings. The van der Waals surface area contributed by atoms with Gasteiger partial charge in [-0.15, -0.1) is 0 Å². The molecule has 108 valence electrons. The third kappa shape index (κ3) is 3.37. The standard InChI is InChI=1S/C17H27IO/c1-17(11-13-6-5-7-14(10-13)12-17)16(18)19-15-8-3-2-4-9-15/h11,14-16H,2-10,12H2,1H3. The quantitative estimate of drug-likeness (QED) is 0.354. The smallest absolute Gasteiger partial charge is 0.117 e. The Hall–Kier alpha value is 0.430. The Bertz CT molecular complexity index is 345. The summed E-state index contributed by atoms with van der Waals surface area (Å²) < 4.78 is 6.81. The molecule has 3 aliphatic rings. The van der Waals surface area contributed by atoms with E-state index in [1.807, 2.05) is 0 Å². The number of hydrogen-bond donors (Lipinski definition) is 0. The number of ether oxygens (including phenoxy) is 1. The number of allylic oxidation sites excluding steroid dienone is 1. The maximum atomic E-state index is 6.44. The summed E-state index contributed by atoms with van der Waals surface area (Å²) in [6.07, 6.45) is 16.8. The van der Waals surface area contributed by atoms with Gasteiger partial charge >= 0.3 is 0 Å². The summed E-state index contributed by atoms with van der Waals surface area (Å²) in [5.74, 6) is 0.936. The van der Waals surface area contributed by atoms with Crippen LogP contribution in [0.25, 0.3) is 0 Å². The second kappa shape index (κ2) is 6.05. The van der Waals surface area contributed by atoms with Gasteiger partial charge in [0, 0.05) is 5.41 Å². The first-order valence-corrected chi connectivity index (χ1v) is 9.40. The largest absolute Gasteiger partial charge is 0.364 e. The van der Waals surface area contributed by atoms with E-state index in [0.29, 0.717) is 10.2 Å². The minimum atomic E-state index is 0.288. The van der Waals surface area contributed by atoms with Crippen LogP contribution in [0.5, 0.6) is 0 Å². The van der Waals surface area contributed by atoms with E-state index in [9.17, 15) is 0 Å². The lowest BCUT2D eigenvalue weighted by Crippen LogP contribution is -2.37. The molecule has 2 heteroatoms. The van der Waals surface area contributed by atoms with Crippen LogP contribution in [0.15, 0.2) is 11.6 Å². The lowest BCUT2D eigenvalue weighted by Gasteiger charge is -2.43. The number of rotatable bonds is 3. The Labute approximate surface area is 131 Å². The molecule has 0 aromatic heterocycles. The molecular weight excluding hydrogens is 347 g/mol. The molecule has 3 aliphatic carbocycles. The Morgan fingerprint density at radius 1 is 1.21 bits per heavy atom. The van der Waals surface area contributed by atoms with Crippen LogP contribution in [0.2, 0.25) is 0 Å². The SMILES string of the molecule is CC1(C(I)OC2CCCCC2)C=C2CCCC(C2)C1. The van der Waals surface area contributed by atoms with Gasteiger partial charge in [-0.2, -0.15) is 0 Å².